The first-order valence-corrected chi connectivity index (χ1v) is 11.8. The molecule has 3 aromatic heterocycles. The Morgan fingerprint density at radius 3 is 2.46 bits per heavy atom. The van der Waals surface area contributed by atoms with Crippen LogP contribution in [-0.4, -0.2) is 50.9 Å². The van der Waals surface area contributed by atoms with E-state index in [-0.39, 0.29) is 11.5 Å². The van der Waals surface area contributed by atoms with Gasteiger partial charge in [-0.25, -0.2) is 4.98 Å². The molecule has 174 valence electrons. The molecule has 7 nitrogen and oxygen atoms in total. The lowest BCUT2D eigenvalue weighted by Crippen LogP contribution is -2.48. The van der Waals surface area contributed by atoms with Gasteiger partial charge in [-0.1, -0.05) is 30.3 Å². The summed E-state index contributed by atoms with van der Waals surface area (Å²) in [5, 5.41) is 0. The number of carbonyl (C=O) groups excluding carboxylic acids is 1. The van der Waals surface area contributed by atoms with Gasteiger partial charge in [-0.3, -0.25) is 14.2 Å². The van der Waals surface area contributed by atoms with Crippen molar-refractivity contribution in [2.24, 2.45) is 0 Å². The highest BCUT2D eigenvalue weighted by Gasteiger charge is 2.22. The number of nitrogens with zero attached hydrogens (tertiary/aromatic N) is 5. The molecule has 0 saturated carbocycles. The van der Waals surface area contributed by atoms with Crippen LogP contribution in [-0.2, 0) is 6.54 Å². The zero-order valence-corrected chi connectivity index (χ0v) is 19.2. The van der Waals surface area contributed by atoms with Crippen molar-refractivity contribution >= 4 is 28.3 Å². The van der Waals surface area contributed by atoms with E-state index in [1.165, 1.54) is 5.69 Å². The molecule has 1 aliphatic rings. The number of benzene rings is 2. The molecule has 0 unspecified atom stereocenters. The number of fused-ring (bicyclic) bond motifs is 3. The average Bonchev–Trinajstić information content (AvgIpc) is 3.42. The largest absolute Gasteiger partial charge is 0.368 e. The Balaban J connectivity index is 1.25. The Morgan fingerprint density at radius 2 is 1.63 bits per heavy atom. The van der Waals surface area contributed by atoms with Crippen LogP contribution < -0.4 is 10.5 Å². The van der Waals surface area contributed by atoms with Crippen molar-refractivity contribution < 1.29 is 4.79 Å². The number of piperazine rings is 1. The summed E-state index contributed by atoms with van der Waals surface area (Å²) in [5.74, 6) is 0.0249. The van der Waals surface area contributed by atoms with Gasteiger partial charge in [0.2, 0.25) is 0 Å². The summed E-state index contributed by atoms with van der Waals surface area (Å²) in [7, 11) is 0. The Hall–Kier alpha value is -4.39. The van der Waals surface area contributed by atoms with E-state index < -0.39 is 0 Å². The smallest absolute Gasteiger partial charge is 0.276 e. The second-order valence-corrected chi connectivity index (χ2v) is 8.82. The van der Waals surface area contributed by atoms with E-state index in [9.17, 15) is 9.59 Å². The van der Waals surface area contributed by atoms with Crippen LogP contribution in [0.15, 0.2) is 96.1 Å². The zero-order valence-electron chi connectivity index (χ0n) is 19.2. The van der Waals surface area contributed by atoms with Crippen LogP contribution in [0.25, 0.3) is 16.7 Å². The zero-order chi connectivity index (χ0) is 23.8. The monoisotopic (exact) mass is 463 g/mol. The fraction of sp³-hybridized carbons (Fsp3) is 0.179. The highest BCUT2D eigenvalue weighted by atomic mass is 16.2. The van der Waals surface area contributed by atoms with Crippen molar-refractivity contribution in [3.05, 3.63) is 113 Å². The Labute approximate surface area is 202 Å². The van der Waals surface area contributed by atoms with Crippen LogP contribution in [0, 0.1) is 0 Å². The number of rotatable bonds is 4. The average molecular weight is 464 g/mol. The summed E-state index contributed by atoms with van der Waals surface area (Å²) in [6.07, 6.45) is 3.57. The topological polar surface area (TPSA) is 62.9 Å². The molecule has 0 N–H and O–H groups in total. The van der Waals surface area contributed by atoms with E-state index in [2.05, 4.69) is 22.0 Å². The third-order valence-electron chi connectivity index (χ3n) is 6.70. The molecule has 5 aromatic rings. The van der Waals surface area contributed by atoms with Crippen LogP contribution >= 0.6 is 0 Å². The number of carbonyl (C=O) groups is 1. The minimum Gasteiger partial charge on any atom is -0.368 e. The maximum Gasteiger partial charge on any atom is 0.276 e. The van der Waals surface area contributed by atoms with Crippen molar-refractivity contribution in [2.75, 3.05) is 31.1 Å². The highest BCUT2D eigenvalue weighted by Crippen LogP contribution is 2.18. The van der Waals surface area contributed by atoms with Crippen LogP contribution in [0.1, 0.15) is 15.9 Å². The lowest BCUT2D eigenvalue weighted by molar-refractivity contribution is 0.0746. The summed E-state index contributed by atoms with van der Waals surface area (Å²) in [5.41, 5.74) is 4.72. The van der Waals surface area contributed by atoms with Crippen molar-refractivity contribution in [1.29, 1.82) is 0 Å². The number of hydrogen-bond acceptors (Lipinski definition) is 4. The number of aromatic nitrogens is 3. The Kier molecular flexibility index (Phi) is 5.29. The van der Waals surface area contributed by atoms with Gasteiger partial charge in [0.05, 0.1) is 12.1 Å². The highest BCUT2D eigenvalue weighted by molar-refractivity contribution is 5.94. The fourth-order valence-electron chi connectivity index (χ4n) is 4.91. The first-order valence-electron chi connectivity index (χ1n) is 11.8. The molecular formula is C28H25N5O2. The molecule has 1 fully saturated rings. The van der Waals surface area contributed by atoms with Gasteiger partial charge >= 0.3 is 0 Å². The summed E-state index contributed by atoms with van der Waals surface area (Å²) in [6, 6.07) is 25.4. The molecular weight excluding hydrogens is 438 g/mol. The molecule has 1 aliphatic heterocycles. The van der Waals surface area contributed by atoms with E-state index in [0.29, 0.717) is 36.4 Å². The molecule has 4 heterocycles. The first-order chi connectivity index (χ1) is 17.2. The minimum absolute atomic E-state index is 0.0249. The van der Waals surface area contributed by atoms with Gasteiger partial charge in [-0.05, 0) is 54.1 Å². The number of pyridine rings is 1. The van der Waals surface area contributed by atoms with Crippen molar-refractivity contribution in [1.82, 2.24) is 18.9 Å². The standard InChI is InChI=1S/C28H25N5O2/c34-27(31-17-15-30(16-18-31)23-9-2-1-3-10-23)22-8-4-7-21(19-22)20-33-26-24(11-5-13-29-26)32-14-6-12-25(32)28(33)35/h1-14,19H,15-18,20H2. The van der Waals surface area contributed by atoms with E-state index in [1.807, 2.05) is 82.2 Å². The molecule has 0 atom stereocenters. The third kappa shape index (κ3) is 3.85. The van der Waals surface area contributed by atoms with E-state index >= 15 is 0 Å². The van der Waals surface area contributed by atoms with E-state index in [4.69, 9.17) is 0 Å². The molecule has 1 amide bonds. The summed E-state index contributed by atoms with van der Waals surface area (Å²) >= 11 is 0. The van der Waals surface area contributed by atoms with Gasteiger partial charge in [-0.2, -0.15) is 0 Å². The number of para-hydroxylation sites is 1. The lowest BCUT2D eigenvalue weighted by Gasteiger charge is -2.36. The molecule has 0 spiro atoms. The van der Waals surface area contributed by atoms with Gasteiger partial charge in [0, 0.05) is 49.8 Å². The predicted octanol–water partition coefficient (Wildman–Crippen LogP) is 3.66. The van der Waals surface area contributed by atoms with E-state index in [0.717, 1.165) is 24.2 Å². The van der Waals surface area contributed by atoms with Crippen LogP contribution in [0.3, 0.4) is 0 Å². The van der Waals surface area contributed by atoms with Crippen LogP contribution in [0.2, 0.25) is 0 Å². The van der Waals surface area contributed by atoms with Gasteiger partial charge in [0.1, 0.15) is 5.52 Å². The molecule has 7 heteroatoms. The predicted molar refractivity (Wildman–Crippen MR) is 137 cm³/mol. The summed E-state index contributed by atoms with van der Waals surface area (Å²) in [6.45, 7) is 3.31. The molecule has 35 heavy (non-hydrogen) atoms. The molecule has 1 saturated heterocycles. The minimum atomic E-state index is -0.102. The lowest BCUT2D eigenvalue weighted by atomic mass is 10.1. The SMILES string of the molecule is O=C(c1cccc(Cn2c(=O)c3cccn3c3cccnc32)c1)N1CCN(c2ccccc2)CC1. The van der Waals surface area contributed by atoms with Crippen molar-refractivity contribution in [3.63, 3.8) is 0 Å². The van der Waals surface area contributed by atoms with Crippen LogP contribution in [0.5, 0.6) is 0 Å². The second kappa shape index (κ2) is 8.76. The van der Waals surface area contributed by atoms with Crippen molar-refractivity contribution in [2.45, 2.75) is 6.54 Å². The summed E-state index contributed by atoms with van der Waals surface area (Å²) < 4.78 is 3.56. The Bertz CT molecular complexity index is 1580. The van der Waals surface area contributed by atoms with Gasteiger partial charge in [0.25, 0.3) is 11.5 Å². The maximum atomic E-state index is 13.3. The van der Waals surface area contributed by atoms with E-state index in [1.54, 1.807) is 10.8 Å². The van der Waals surface area contributed by atoms with Crippen LogP contribution in [0.4, 0.5) is 5.69 Å². The fourth-order valence-corrected chi connectivity index (χ4v) is 4.91. The molecule has 6 rings (SSSR count). The maximum absolute atomic E-state index is 13.3. The number of anilines is 1. The van der Waals surface area contributed by atoms with Crippen molar-refractivity contribution in [3.8, 4) is 0 Å². The molecule has 0 bridgehead atoms. The Morgan fingerprint density at radius 1 is 0.829 bits per heavy atom. The second-order valence-electron chi connectivity index (χ2n) is 8.82. The summed E-state index contributed by atoms with van der Waals surface area (Å²) in [4.78, 5) is 35.2. The number of hydrogen-bond donors (Lipinski definition) is 0. The van der Waals surface area contributed by atoms with Gasteiger partial charge < -0.3 is 14.2 Å². The molecule has 2 aromatic carbocycles. The molecule has 0 aliphatic carbocycles. The number of amides is 1. The molecule has 0 radical (unpaired) electrons. The van der Waals surface area contributed by atoms with Gasteiger partial charge in [-0.15, -0.1) is 0 Å². The third-order valence-corrected chi connectivity index (χ3v) is 6.70. The normalized spacial score (nSPS) is 14.1. The quantitative estimate of drug-likeness (QED) is 0.408. The first kappa shape index (κ1) is 21.2. The van der Waals surface area contributed by atoms with Gasteiger partial charge in [0.15, 0.2) is 5.65 Å².